The maximum absolute atomic E-state index is 11.2. The highest BCUT2D eigenvalue weighted by molar-refractivity contribution is 5.82. The lowest BCUT2D eigenvalue weighted by Crippen LogP contribution is -2.27. The number of carbonyl (C=O) groups excluding carboxylic acids is 2. The molecule has 0 aliphatic carbocycles. The molecule has 1 aromatic rings. The maximum atomic E-state index is 11.2. The first kappa shape index (κ1) is 11.2. The van der Waals surface area contributed by atoms with Gasteiger partial charge < -0.3 is 9.15 Å². The van der Waals surface area contributed by atoms with E-state index in [-0.39, 0.29) is 11.7 Å². The van der Waals surface area contributed by atoms with Crippen LogP contribution in [0, 0.1) is 0 Å². The lowest BCUT2D eigenvalue weighted by atomic mass is 10.2. The number of aldehydes is 1. The molecule has 0 aromatic carbocycles. The quantitative estimate of drug-likeness (QED) is 0.756. The highest BCUT2D eigenvalue weighted by Gasteiger charge is 2.17. The number of amides is 1. The Kier molecular flexibility index (Phi) is 3.08. The van der Waals surface area contributed by atoms with Crippen molar-refractivity contribution >= 4 is 18.4 Å². The van der Waals surface area contributed by atoms with Gasteiger partial charge >= 0.3 is 12.1 Å². The van der Waals surface area contributed by atoms with Crippen LogP contribution in [0.1, 0.15) is 31.3 Å². The highest BCUT2D eigenvalue weighted by atomic mass is 16.6. The van der Waals surface area contributed by atoms with Gasteiger partial charge in [0, 0.05) is 0 Å². The summed E-state index contributed by atoms with van der Waals surface area (Å²) in [7, 11) is 0. The van der Waals surface area contributed by atoms with E-state index < -0.39 is 11.7 Å². The van der Waals surface area contributed by atoms with Crippen molar-refractivity contribution in [1.29, 1.82) is 0 Å². The summed E-state index contributed by atoms with van der Waals surface area (Å²) in [6.07, 6.45) is 0.977. The molecule has 15 heavy (non-hydrogen) atoms. The normalized spacial score (nSPS) is 10.9. The van der Waals surface area contributed by atoms with Gasteiger partial charge in [0.25, 0.3) is 0 Å². The number of anilines is 1. The zero-order chi connectivity index (χ0) is 11.5. The number of oxazole rings is 1. The van der Waals surface area contributed by atoms with Crippen LogP contribution in [0.4, 0.5) is 10.8 Å². The molecule has 0 atom stereocenters. The molecule has 1 N–H and O–H groups in total. The molecule has 0 saturated carbocycles. The van der Waals surface area contributed by atoms with Crippen molar-refractivity contribution in [3.05, 3.63) is 12.0 Å². The van der Waals surface area contributed by atoms with Gasteiger partial charge in [0.2, 0.25) is 0 Å². The van der Waals surface area contributed by atoms with Crippen LogP contribution in [0.2, 0.25) is 0 Å². The monoisotopic (exact) mass is 212 g/mol. The second-order valence-electron chi connectivity index (χ2n) is 3.82. The number of aromatic nitrogens is 1. The van der Waals surface area contributed by atoms with Gasteiger partial charge in [0.15, 0.2) is 6.29 Å². The lowest BCUT2D eigenvalue weighted by Gasteiger charge is -2.18. The number of rotatable bonds is 2. The van der Waals surface area contributed by atoms with E-state index in [4.69, 9.17) is 9.15 Å². The van der Waals surface area contributed by atoms with Crippen LogP contribution < -0.4 is 5.32 Å². The second-order valence-corrected chi connectivity index (χ2v) is 3.82. The minimum atomic E-state index is -0.679. The van der Waals surface area contributed by atoms with Crippen molar-refractivity contribution < 1.29 is 18.7 Å². The van der Waals surface area contributed by atoms with Crippen LogP contribution in [-0.2, 0) is 4.74 Å². The molecule has 82 valence electrons. The Bertz CT molecular complexity index is 364. The fourth-order valence-corrected chi connectivity index (χ4v) is 0.789. The third-order valence-corrected chi connectivity index (χ3v) is 1.25. The van der Waals surface area contributed by atoms with Crippen LogP contribution in [0.25, 0.3) is 0 Å². The maximum Gasteiger partial charge on any atom is 0.415 e. The van der Waals surface area contributed by atoms with E-state index >= 15 is 0 Å². The van der Waals surface area contributed by atoms with Gasteiger partial charge in [-0.2, -0.15) is 4.98 Å². The third-order valence-electron chi connectivity index (χ3n) is 1.25. The van der Waals surface area contributed by atoms with Gasteiger partial charge in [-0.15, -0.1) is 0 Å². The fourth-order valence-electron chi connectivity index (χ4n) is 0.789. The molecule has 0 unspecified atom stereocenters. The molecule has 0 aliphatic heterocycles. The Balaban J connectivity index is 2.55. The van der Waals surface area contributed by atoms with E-state index in [1.54, 1.807) is 20.8 Å². The van der Waals surface area contributed by atoms with E-state index in [1.807, 2.05) is 0 Å². The molecule has 0 bridgehead atoms. The first-order valence-electron chi connectivity index (χ1n) is 4.31. The summed E-state index contributed by atoms with van der Waals surface area (Å²) in [5.41, 5.74) is -0.481. The Morgan fingerprint density at radius 2 is 2.27 bits per heavy atom. The van der Waals surface area contributed by atoms with E-state index in [0.29, 0.717) is 6.29 Å². The molecule has 1 heterocycles. The molecule has 0 aliphatic rings. The first-order valence-corrected chi connectivity index (χ1v) is 4.31. The number of hydrogen-bond donors (Lipinski definition) is 1. The second kappa shape index (κ2) is 4.12. The van der Waals surface area contributed by atoms with Crippen LogP contribution >= 0.6 is 0 Å². The number of ether oxygens (including phenoxy) is 1. The van der Waals surface area contributed by atoms with Gasteiger partial charge in [0.05, 0.1) is 0 Å². The molecule has 6 heteroatoms. The average Bonchev–Trinajstić information content (AvgIpc) is 2.48. The molecular weight excluding hydrogens is 200 g/mol. The summed E-state index contributed by atoms with van der Waals surface area (Å²) in [5, 5.41) is 2.26. The molecule has 1 rings (SSSR count). The lowest BCUT2D eigenvalue weighted by molar-refractivity contribution is 0.0631. The predicted molar refractivity (Wildman–Crippen MR) is 51.7 cm³/mol. The molecule has 0 radical (unpaired) electrons. The average molecular weight is 212 g/mol. The Hall–Kier alpha value is -1.85. The number of carbonyl (C=O) groups is 2. The van der Waals surface area contributed by atoms with Gasteiger partial charge in [-0.05, 0) is 20.8 Å². The zero-order valence-corrected chi connectivity index (χ0v) is 8.73. The van der Waals surface area contributed by atoms with E-state index in [1.165, 1.54) is 0 Å². The predicted octanol–water partition coefficient (Wildman–Crippen LogP) is 1.83. The molecule has 0 spiro atoms. The van der Waals surface area contributed by atoms with Crippen molar-refractivity contribution in [2.45, 2.75) is 26.4 Å². The molecular formula is C9H12N2O4. The summed E-state index contributed by atoms with van der Waals surface area (Å²) in [6.45, 7) is 5.21. The number of nitrogens with zero attached hydrogens (tertiary/aromatic N) is 1. The Labute approximate surface area is 86.6 Å². The SMILES string of the molecule is CC(C)(C)OC(=O)Nc1nc(C=O)co1. The topological polar surface area (TPSA) is 81.4 Å². The fraction of sp³-hybridized carbons (Fsp3) is 0.444. The standard InChI is InChI=1S/C9H12N2O4/c1-9(2,3)15-8(13)11-7-10-6(4-12)5-14-7/h4-5H,1-3H3,(H,10,11,13). The highest BCUT2D eigenvalue weighted by Crippen LogP contribution is 2.10. The Morgan fingerprint density at radius 1 is 1.60 bits per heavy atom. The van der Waals surface area contributed by atoms with Gasteiger partial charge in [-0.3, -0.25) is 4.79 Å². The minimum Gasteiger partial charge on any atom is -0.443 e. The first-order chi connectivity index (χ1) is 6.90. The third kappa shape index (κ3) is 3.80. The van der Waals surface area contributed by atoms with Crippen molar-refractivity contribution in [3.63, 3.8) is 0 Å². The van der Waals surface area contributed by atoms with Crippen LogP contribution in [0.5, 0.6) is 0 Å². The smallest absolute Gasteiger partial charge is 0.415 e. The molecule has 6 nitrogen and oxygen atoms in total. The van der Waals surface area contributed by atoms with Crippen molar-refractivity contribution in [2.75, 3.05) is 5.32 Å². The summed E-state index contributed by atoms with van der Waals surface area (Å²) in [6, 6.07) is -0.0636. The number of hydrogen-bond acceptors (Lipinski definition) is 5. The van der Waals surface area contributed by atoms with E-state index in [2.05, 4.69) is 10.3 Å². The van der Waals surface area contributed by atoms with Gasteiger partial charge in [0.1, 0.15) is 17.6 Å². The van der Waals surface area contributed by atoms with Gasteiger partial charge in [-0.25, -0.2) is 10.1 Å². The van der Waals surface area contributed by atoms with E-state index in [9.17, 15) is 9.59 Å². The Morgan fingerprint density at radius 3 is 2.73 bits per heavy atom. The van der Waals surface area contributed by atoms with Crippen LogP contribution in [0.3, 0.4) is 0 Å². The van der Waals surface area contributed by atoms with Crippen molar-refractivity contribution in [2.24, 2.45) is 0 Å². The molecule has 0 saturated heterocycles. The molecule has 1 aromatic heterocycles. The summed E-state index contributed by atoms with van der Waals surface area (Å²) in [5.74, 6) is 0. The van der Waals surface area contributed by atoms with E-state index in [0.717, 1.165) is 6.26 Å². The largest absolute Gasteiger partial charge is 0.443 e. The van der Waals surface area contributed by atoms with Gasteiger partial charge in [-0.1, -0.05) is 0 Å². The van der Waals surface area contributed by atoms with Crippen molar-refractivity contribution in [1.82, 2.24) is 4.98 Å². The zero-order valence-electron chi connectivity index (χ0n) is 8.73. The molecule has 1 amide bonds. The number of nitrogens with one attached hydrogen (secondary N) is 1. The summed E-state index contributed by atoms with van der Waals surface area (Å²) < 4.78 is 9.73. The molecule has 0 fully saturated rings. The van der Waals surface area contributed by atoms with Crippen LogP contribution in [-0.4, -0.2) is 23.0 Å². The summed E-state index contributed by atoms with van der Waals surface area (Å²) >= 11 is 0. The minimum absolute atomic E-state index is 0.0636. The van der Waals surface area contributed by atoms with Crippen molar-refractivity contribution in [3.8, 4) is 0 Å². The summed E-state index contributed by atoms with van der Waals surface area (Å²) in [4.78, 5) is 25.1. The van der Waals surface area contributed by atoms with Crippen LogP contribution in [0.15, 0.2) is 10.7 Å².